The van der Waals surface area contributed by atoms with E-state index in [1.54, 1.807) is 28.7 Å². The Hall–Kier alpha value is -2.32. The van der Waals surface area contributed by atoms with Crippen molar-refractivity contribution >= 4 is 39.1 Å². The van der Waals surface area contributed by atoms with Crippen molar-refractivity contribution in [3.05, 3.63) is 57.5 Å². The number of ether oxygens (including phenoxy) is 1. The Morgan fingerprint density at radius 2 is 2.04 bits per heavy atom. The third kappa shape index (κ3) is 4.44. The molecular formula is C17H17BrClN5O2. The summed E-state index contributed by atoms with van der Waals surface area (Å²) in [7, 11) is 0. The van der Waals surface area contributed by atoms with E-state index >= 15 is 0 Å². The number of nitrogens with zero attached hydrogens (tertiary/aromatic N) is 4. The first-order valence-electron chi connectivity index (χ1n) is 7.82. The molecule has 26 heavy (non-hydrogen) atoms. The van der Waals surface area contributed by atoms with Crippen molar-refractivity contribution in [3.8, 4) is 5.75 Å². The second kappa shape index (κ2) is 7.92. The predicted molar refractivity (Wildman–Crippen MR) is 102 cm³/mol. The molecule has 0 aliphatic heterocycles. The van der Waals surface area contributed by atoms with Gasteiger partial charge in [-0.1, -0.05) is 27.5 Å². The highest BCUT2D eigenvalue weighted by Gasteiger charge is 2.12. The topological polar surface area (TPSA) is 74.0 Å². The average Bonchev–Trinajstić information content (AvgIpc) is 3.15. The lowest BCUT2D eigenvalue weighted by Gasteiger charge is -2.06. The fourth-order valence-corrected chi connectivity index (χ4v) is 2.74. The molecule has 1 N–H and O–H groups in total. The van der Waals surface area contributed by atoms with E-state index in [1.165, 1.54) is 0 Å². The molecule has 0 fully saturated rings. The molecule has 9 heteroatoms. The number of anilines is 1. The third-order valence-electron chi connectivity index (χ3n) is 3.68. The van der Waals surface area contributed by atoms with Crippen molar-refractivity contribution in [1.29, 1.82) is 0 Å². The molecule has 3 aromatic rings. The Balaban J connectivity index is 1.55. The number of nitrogens with one attached hydrogen (secondary N) is 1. The van der Waals surface area contributed by atoms with Crippen LogP contribution in [-0.4, -0.2) is 25.5 Å². The number of carbonyl (C=O) groups is 1. The largest absolute Gasteiger partial charge is 0.471 e. The molecule has 3 rings (SSSR count). The molecule has 0 radical (unpaired) electrons. The number of hydrogen-bond acceptors (Lipinski definition) is 4. The minimum Gasteiger partial charge on any atom is -0.471 e. The fraction of sp³-hybridized carbons (Fsp3) is 0.235. The lowest BCUT2D eigenvalue weighted by Crippen LogP contribution is -2.20. The van der Waals surface area contributed by atoms with E-state index in [2.05, 4.69) is 31.4 Å². The highest BCUT2D eigenvalue weighted by atomic mass is 79.9. The van der Waals surface area contributed by atoms with Crippen LogP contribution in [0.1, 0.15) is 11.4 Å². The van der Waals surface area contributed by atoms with Crippen LogP contribution in [0.5, 0.6) is 5.75 Å². The number of aromatic nitrogens is 4. The van der Waals surface area contributed by atoms with Crippen LogP contribution in [0.15, 0.2) is 41.1 Å². The highest BCUT2D eigenvalue weighted by molar-refractivity contribution is 9.10. The lowest BCUT2D eigenvalue weighted by atomic mass is 10.3. The van der Waals surface area contributed by atoms with Gasteiger partial charge in [-0.05, 0) is 38.1 Å². The molecule has 0 unspecified atom stereocenters. The first kappa shape index (κ1) is 18.5. The first-order valence-corrected chi connectivity index (χ1v) is 8.99. The van der Waals surface area contributed by atoms with E-state index in [9.17, 15) is 4.79 Å². The standard InChI is InChI=1S/C17H17BrClN5O2/c1-11-17(19)12(2)24(22-11)9-16(25)21-14-7-20-23(8-14)10-26-15-5-3-13(18)4-6-15/h3-8H,9-10H2,1-2H3,(H,21,25). The van der Waals surface area contributed by atoms with Gasteiger partial charge in [-0.3, -0.25) is 9.48 Å². The van der Waals surface area contributed by atoms with Crippen LogP contribution < -0.4 is 10.1 Å². The van der Waals surface area contributed by atoms with Crippen LogP contribution in [0.3, 0.4) is 0 Å². The molecule has 0 spiro atoms. The van der Waals surface area contributed by atoms with Crippen LogP contribution in [0, 0.1) is 13.8 Å². The second-order valence-electron chi connectivity index (χ2n) is 5.69. The molecule has 7 nitrogen and oxygen atoms in total. The number of carbonyl (C=O) groups excluding carboxylic acids is 1. The zero-order valence-corrected chi connectivity index (χ0v) is 16.6. The molecule has 1 aromatic carbocycles. The maximum absolute atomic E-state index is 12.2. The number of hydrogen-bond donors (Lipinski definition) is 1. The predicted octanol–water partition coefficient (Wildman–Crippen LogP) is 3.79. The maximum Gasteiger partial charge on any atom is 0.246 e. The van der Waals surface area contributed by atoms with Crippen LogP contribution in [-0.2, 0) is 18.1 Å². The summed E-state index contributed by atoms with van der Waals surface area (Å²) in [6.07, 6.45) is 3.27. The Morgan fingerprint density at radius 1 is 1.31 bits per heavy atom. The van der Waals surface area contributed by atoms with E-state index in [0.717, 1.165) is 15.9 Å². The van der Waals surface area contributed by atoms with Gasteiger partial charge in [0.2, 0.25) is 5.91 Å². The number of aryl methyl sites for hydroxylation is 1. The molecule has 0 aliphatic rings. The Morgan fingerprint density at radius 3 is 2.69 bits per heavy atom. The van der Waals surface area contributed by atoms with Gasteiger partial charge in [0, 0.05) is 4.47 Å². The summed E-state index contributed by atoms with van der Waals surface area (Å²) >= 11 is 9.47. The van der Waals surface area contributed by atoms with Crippen molar-refractivity contribution in [1.82, 2.24) is 19.6 Å². The van der Waals surface area contributed by atoms with E-state index in [0.29, 0.717) is 16.4 Å². The number of halogens is 2. The van der Waals surface area contributed by atoms with Crippen molar-refractivity contribution in [2.24, 2.45) is 0 Å². The maximum atomic E-state index is 12.2. The molecule has 2 aromatic heterocycles. The zero-order chi connectivity index (χ0) is 18.7. The zero-order valence-electron chi connectivity index (χ0n) is 14.2. The number of benzene rings is 1. The third-order valence-corrected chi connectivity index (χ3v) is 4.76. The normalized spacial score (nSPS) is 10.8. The van der Waals surface area contributed by atoms with Crippen molar-refractivity contribution in [2.75, 3.05) is 5.32 Å². The molecular weight excluding hydrogens is 422 g/mol. The van der Waals surface area contributed by atoms with Crippen LogP contribution in [0.4, 0.5) is 5.69 Å². The van der Waals surface area contributed by atoms with Crippen molar-refractivity contribution in [3.63, 3.8) is 0 Å². The summed E-state index contributed by atoms with van der Waals surface area (Å²) in [4.78, 5) is 12.2. The van der Waals surface area contributed by atoms with Crippen LogP contribution >= 0.6 is 27.5 Å². The second-order valence-corrected chi connectivity index (χ2v) is 6.98. The SMILES string of the molecule is Cc1nn(CC(=O)Nc2cnn(COc3ccc(Br)cc3)c2)c(C)c1Cl. The summed E-state index contributed by atoms with van der Waals surface area (Å²) in [5.74, 6) is 0.524. The van der Waals surface area contributed by atoms with Gasteiger partial charge in [0.15, 0.2) is 6.73 Å². The van der Waals surface area contributed by atoms with Gasteiger partial charge in [-0.2, -0.15) is 10.2 Å². The lowest BCUT2D eigenvalue weighted by molar-refractivity contribution is -0.116. The minimum atomic E-state index is -0.208. The molecule has 0 aliphatic carbocycles. The Labute approximate surface area is 164 Å². The quantitative estimate of drug-likeness (QED) is 0.635. The van der Waals surface area contributed by atoms with Gasteiger partial charge in [-0.15, -0.1) is 0 Å². The Kier molecular flexibility index (Phi) is 5.63. The highest BCUT2D eigenvalue weighted by Crippen LogP contribution is 2.19. The van der Waals surface area contributed by atoms with Gasteiger partial charge < -0.3 is 10.1 Å². The Bertz CT molecular complexity index is 920. The van der Waals surface area contributed by atoms with Crippen molar-refractivity contribution < 1.29 is 9.53 Å². The van der Waals surface area contributed by atoms with E-state index < -0.39 is 0 Å². The molecule has 2 heterocycles. The van der Waals surface area contributed by atoms with Crippen molar-refractivity contribution in [2.45, 2.75) is 27.1 Å². The summed E-state index contributed by atoms with van der Waals surface area (Å²) in [5, 5.41) is 11.8. The van der Waals surface area contributed by atoms with Gasteiger partial charge in [-0.25, -0.2) is 4.68 Å². The number of amides is 1. The smallest absolute Gasteiger partial charge is 0.246 e. The van der Waals surface area contributed by atoms with Crippen LogP contribution in [0.2, 0.25) is 5.02 Å². The fourth-order valence-electron chi connectivity index (χ4n) is 2.34. The average molecular weight is 439 g/mol. The molecule has 0 saturated carbocycles. The molecule has 0 atom stereocenters. The summed E-state index contributed by atoms with van der Waals surface area (Å²) in [6, 6.07) is 7.51. The molecule has 0 bridgehead atoms. The minimum absolute atomic E-state index is 0.0833. The number of rotatable bonds is 6. The van der Waals surface area contributed by atoms with E-state index in [4.69, 9.17) is 16.3 Å². The molecule has 0 saturated heterocycles. The van der Waals surface area contributed by atoms with Gasteiger partial charge >= 0.3 is 0 Å². The van der Waals surface area contributed by atoms with Gasteiger partial charge in [0.1, 0.15) is 12.3 Å². The van der Waals surface area contributed by atoms with Gasteiger partial charge in [0.05, 0.1) is 34.5 Å². The molecule has 136 valence electrons. The van der Waals surface area contributed by atoms with E-state index in [-0.39, 0.29) is 19.2 Å². The summed E-state index contributed by atoms with van der Waals surface area (Å²) < 4.78 is 9.79. The van der Waals surface area contributed by atoms with Crippen LogP contribution in [0.25, 0.3) is 0 Å². The monoisotopic (exact) mass is 437 g/mol. The summed E-state index contributed by atoms with van der Waals surface area (Å²) in [5.41, 5.74) is 2.05. The molecule has 1 amide bonds. The van der Waals surface area contributed by atoms with E-state index in [1.807, 2.05) is 31.2 Å². The van der Waals surface area contributed by atoms with Gasteiger partial charge in [0.25, 0.3) is 0 Å². The summed E-state index contributed by atoms with van der Waals surface area (Å²) in [6.45, 7) is 3.96. The first-order chi connectivity index (χ1) is 12.4.